The zero-order valence-corrected chi connectivity index (χ0v) is 8.26. The SMILES string of the molecule is FC(Sc1ccc(Cl)cc1)C(F)(F)F. The molecule has 0 nitrogen and oxygen atoms in total. The molecule has 0 aromatic heterocycles. The van der Waals surface area contributed by atoms with Crippen LogP contribution in [0.5, 0.6) is 0 Å². The highest BCUT2D eigenvalue weighted by molar-refractivity contribution is 7.99. The van der Waals surface area contributed by atoms with Gasteiger partial charge in [0.1, 0.15) is 0 Å². The van der Waals surface area contributed by atoms with Crippen LogP contribution in [0.15, 0.2) is 29.2 Å². The summed E-state index contributed by atoms with van der Waals surface area (Å²) in [5, 5.41) is 0.400. The fourth-order valence-electron chi connectivity index (χ4n) is 0.699. The Morgan fingerprint density at radius 3 is 2.07 bits per heavy atom. The van der Waals surface area contributed by atoms with E-state index in [1.807, 2.05) is 0 Å². The molecule has 0 bridgehead atoms. The molecule has 0 amide bonds. The van der Waals surface area contributed by atoms with E-state index in [2.05, 4.69) is 0 Å². The molecule has 1 atom stereocenters. The van der Waals surface area contributed by atoms with Crippen LogP contribution in [0, 0.1) is 0 Å². The Kier molecular flexibility index (Phi) is 3.66. The topological polar surface area (TPSA) is 0 Å². The molecular weight excluding hydrogens is 240 g/mol. The molecule has 0 saturated heterocycles. The zero-order valence-electron chi connectivity index (χ0n) is 6.68. The van der Waals surface area contributed by atoms with E-state index in [-0.39, 0.29) is 16.7 Å². The summed E-state index contributed by atoms with van der Waals surface area (Å²) in [6, 6.07) is 5.50. The number of benzene rings is 1. The molecule has 0 aliphatic carbocycles. The first-order valence-corrected chi connectivity index (χ1v) is 4.78. The van der Waals surface area contributed by atoms with Gasteiger partial charge in [-0.3, -0.25) is 0 Å². The van der Waals surface area contributed by atoms with E-state index < -0.39 is 11.7 Å². The predicted octanol–water partition coefficient (Wildman–Crippen LogP) is 4.29. The zero-order chi connectivity index (χ0) is 10.8. The Bertz CT molecular complexity index is 295. The van der Waals surface area contributed by atoms with Gasteiger partial charge < -0.3 is 0 Å². The van der Waals surface area contributed by atoms with Crippen molar-refractivity contribution in [3.63, 3.8) is 0 Å². The Morgan fingerprint density at radius 2 is 1.64 bits per heavy atom. The second kappa shape index (κ2) is 4.40. The first kappa shape index (κ1) is 11.7. The predicted molar refractivity (Wildman–Crippen MR) is 48.3 cm³/mol. The number of alkyl halides is 4. The maximum atomic E-state index is 12.5. The average molecular weight is 245 g/mol. The van der Waals surface area contributed by atoms with Gasteiger partial charge in [-0.25, -0.2) is 4.39 Å². The molecule has 1 aromatic rings. The summed E-state index contributed by atoms with van der Waals surface area (Å²) < 4.78 is 47.9. The van der Waals surface area contributed by atoms with E-state index >= 15 is 0 Å². The standard InChI is InChI=1S/C8H5ClF4S/c9-5-1-3-6(4-2-5)14-7(10)8(11,12)13/h1-4,7H. The van der Waals surface area contributed by atoms with Crippen LogP contribution < -0.4 is 0 Å². The van der Waals surface area contributed by atoms with Crippen molar-refractivity contribution in [2.75, 3.05) is 0 Å². The number of thioether (sulfide) groups is 1. The van der Waals surface area contributed by atoms with Crippen LogP contribution in [0.2, 0.25) is 5.02 Å². The van der Waals surface area contributed by atoms with Gasteiger partial charge in [0.2, 0.25) is 5.50 Å². The number of hydrogen-bond acceptors (Lipinski definition) is 1. The third-order valence-electron chi connectivity index (χ3n) is 1.31. The molecule has 78 valence electrons. The Hall–Kier alpha value is -0.420. The third kappa shape index (κ3) is 3.38. The third-order valence-corrected chi connectivity index (χ3v) is 2.58. The lowest BCUT2D eigenvalue weighted by Gasteiger charge is -2.11. The molecule has 1 rings (SSSR count). The fourth-order valence-corrected chi connectivity index (χ4v) is 1.49. The molecular formula is C8H5ClF4S. The van der Waals surface area contributed by atoms with Crippen LogP contribution in [-0.4, -0.2) is 11.7 Å². The van der Waals surface area contributed by atoms with Crippen LogP contribution in [0.1, 0.15) is 0 Å². The van der Waals surface area contributed by atoms with E-state index in [0.717, 1.165) is 0 Å². The van der Waals surface area contributed by atoms with Crippen LogP contribution in [0.25, 0.3) is 0 Å². The second-order valence-electron chi connectivity index (χ2n) is 2.43. The number of halogens is 5. The molecule has 1 unspecified atom stereocenters. The van der Waals surface area contributed by atoms with E-state index in [1.165, 1.54) is 24.3 Å². The van der Waals surface area contributed by atoms with Gasteiger partial charge in [0.05, 0.1) is 0 Å². The van der Waals surface area contributed by atoms with Crippen molar-refractivity contribution < 1.29 is 17.6 Å². The fraction of sp³-hybridized carbons (Fsp3) is 0.250. The summed E-state index contributed by atoms with van der Waals surface area (Å²) in [4.78, 5) is 0.194. The largest absolute Gasteiger partial charge is 0.429 e. The molecule has 0 saturated carbocycles. The summed E-state index contributed by atoms with van der Waals surface area (Å²) in [6.07, 6.45) is -4.83. The molecule has 0 N–H and O–H groups in total. The van der Waals surface area contributed by atoms with E-state index in [4.69, 9.17) is 11.6 Å². The maximum Gasteiger partial charge on any atom is 0.429 e. The van der Waals surface area contributed by atoms with Crippen LogP contribution in [-0.2, 0) is 0 Å². The highest BCUT2D eigenvalue weighted by Gasteiger charge is 2.40. The van der Waals surface area contributed by atoms with Crippen molar-refractivity contribution in [2.24, 2.45) is 0 Å². The summed E-state index contributed by atoms with van der Waals surface area (Å²) in [5.41, 5.74) is -2.90. The molecule has 0 fully saturated rings. The molecule has 0 aliphatic heterocycles. The molecule has 0 spiro atoms. The van der Waals surface area contributed by atoms with Gasteiger partial charge in [-0.15, -0.1) is 0 Å². The lowest BCUT2D eigenvalue weighted by Crippen LogP contribution is -2.20. The minimum absolute atomic E-state index is 0.109. The lowest BCUT2D eigenvalue weighted by atomic mass is 10.4. The van der Waals surface area contributed by atoms with Gasteiger partial charge in [0.25, 0.3) is 0 Å². The van der Waals surface area contributed by atoms with Crippen LogP contribution in [0.4, 0.5) is 17.6 Å². The van der Waals surface area contributed by atoms with Gasteiger partial charge in [-0.2, -0.15) is 13.2 Å². The van der Waals surface area contributed by atoms with E-state index in [1.54, 1.807) is 0 Å². The molecule has 1 aromatic carbocycles. The van der Waals surface area contributed by atoms with Gasteiger partial charge in [-0.05, 0) is 24.3 Å². The van der Waals surface area contributed by atoms with Crippen molar-refractivity contribution >= 4 is 23.4 Å². The van der Waals surface area contributed by atoms with Crippen molar-refractivity contribution in [2.45, 2.75) is 16.6 Å². The smallest absolute Gasteiger partial charge is 0.225 e. The molecule has 14 heavy (non-hydrogen) atoms. The minimum Gasteiger partial charge on any atom is -0.225 e. The highest BCUT2D eigenvalue weighted by Crippen LogP contribution is 2.36. The van der Waals surface area contributed by atoms with Crippen LogP contribution >= 0.6 is 23.4 Å². The van der Waals surface area contributed by atoms with Crippen molar-refractivity contribution in [3.05, 3.63) is 29.3 Å². The monoisotopic (exact) mass is 244 g/mol. The van der Waals surface area contributed by atoms with Gasteiger partial charge >= 0.3 is 6.18 Å². The number of hydrogen-bond donors (Lipinski definition) is 0. The second-order valence-corrected chi connectivity index (χ2v) is 3.99. The van der Waals surface area contributed by atoms with Crippen LogP contribution in [0.3, 0.4) is 0 Å². The maximum absolute atomic E-state index is 12.5. The first-order valence-electron chi connectivity index (χ1n) is 3.52. The summed E-state index contributed by atoms with van der Waals surface area (Å²) in [7, 11) is 0. The minimum atomic E-state index is -4.83. The lowest BCUT2D eigenvalue weighted by molar-refractivity contribution is -0.154. The van der Waals surface area contributed by atoms with Crippen molar-refractivity contribution in [1.82, 2.24) is 0 Å². The number of rotatable bonds is 2. The van der Waals surface area contributed by atoms with E-state index in [0.29, 0.717) is 5.02 Å². The van der Waals surface area contributed by atoms with Gasteiger partial charge in [0.15, 0.2) is 0 Å². The van der Waals surface area contributed by atoms with Gasteiger partial charge in [0, 0.05) is 9.92 Å². The average Bonchev–Trinajstić information content (AvgIpc) is 2.07. The molecule has 0 radical (unpaired) electrons. The summed E-state index contributed by atoms with van der Waals surface area (Å²) in [5.74, 6) is 0. The first-order chi connectivity index (χ1) is 6.39. The normalized spacial score (nSPS) is 14.1. The Balaban J connectivity index is 2.65. The van der Waals surface area contributed by atoms with Gasteiger partial charge in [-0.1, -0.05) is 23.4 Å². The Labute approximate surface area is 87.2 Å². The molecule has 6 heteroatoms. The van der Waals surface area contributed by atoms with E-state index in [9.17, 15) is 17.6 Å². The highest BCUT2D eigenvalue weighted by atomic mass is 35.5. The molecule has 0 heterocycles. The Morgan fingerprint density at radius 1 is 1.14 bits per heavy atom. The summed E-state index contributed by atoms with van der Waals surface area (Å²) in [6.45, 7) is 0. The summed E-state index contributed by atoms with van der Waals surface area (Å²) >= 11 is 5.62. The quantitative estimate of drug-likeness (QED) is 0.552. The van der Waals surface area contributed by atoms with Crippen molar-refractivity contribution in [1.29, 1.82) is 0 Å². The van der Waals surface area contributed by atoms with Crippen molar-refractivity contribution in [3.8, 4) is 0 Å². The molecule has 0 aliphatic rings.